The fraction of sp³-hybridized carbons (Fsp3) is 0. The Hall–Kier alpha value is -2.09. The number of hydrogen-bond donors (Lipinski definition) is 2. The number of nitrogen functional groups attached to an aromatic ring is 1. The second kappa shape index (κ2) is 3.11. The van der Waals surface area contributed by atoms with Gasteiger partial charge in [-0.25, -0.2) is 10.5 Å². The zero-order chi connectivity index (χ0) is 9.10. The first kappa shape index (κ1) is 7.55. The van der Waals surface area contributed by atoms with Crippen molar-refractivity contribution in [1.82, 2.24) is 30.2 Å². The van der Waals surface area contributed by atoms with Gasteiger partial charge in [0.25, 0.3) is 11.9 Å². The molecule has 2 rings (SSSR count). The van der Waals surface area contributed by atoms with Gasteiger partial charge in [-0.1, -0.05) is 0 Å². The zero-order valence-electron chi connectivity index (χ0n) is 6.49. The second-order valence-corrected chi connectivity index (χ2v) is 2.12. The van der Waals surface area contributed by atoms with E-state index in [-0.39, 0.29) is 5.95 Å². The number of nitrogens with two attached hydrogens (primary N) is 1. The van der Waals surface area contributed by atoms with Crippen molar-refractivity contribution in [3.05, 3.63) is 18.5 Å². The first-order valence-corrected chi connectivity index (χ1v) is 3.44. The number of hydrogen-bond acceptors (Lipinski definition) is 7. The van der Waals surface area contributed by atoms with Crippen LogP contribution in [0.5, 0.6) is 0 Å². The third kappa shape index (κ3) is 1.42. The molecule has 0 aliphatic rings. The molecule has 0 spiro atoms. The van der Waals surface area contributed by atoms with Crippen LogP contribution in [0.25, 0.3) is 5.95 Å². The van der Waals surface area contributed by atoms with E-state index in [1.165, 1.54) is 4.68 Å². The van der Waals surface area contributed by atoms with E-state index in [9.17, 15) is 0 Å². The van der Waals surface area contributed by atoms with Gasteiger partial charge in [0.05, 0.1) is 0 Å². The molecule has 0 saturated heterocycles. The molecule has 0 saturated carbocycles. The normalized spacial score (nSPS) is 9.92. The standard InChI is InChI=1S/C5H6N8/c6-8-4-9-11-5(12-10-4)13-3-1-2-7-13/h1-3H,6H2,(H,8,9,10). The van der Waals surface area contributed by atoms with Crippen LogP contribution in [0.1, 0.15) is 0 Å². The van der Waals surface area contributed by atoms with Gasteiger partial charge in [0.15, 0.2) is 0 Å². The predicted octanol–water partition coefficient (Wildman–Crippen LogP) is -1.26. The van der Waals surface area contributed by atoms with Gasteiger partial charge in [-0.15, -0.1) is 20.4 Å². The lowest BCUT2D eigenvalue weighted by Crippen LogP contribution is -2.14. The average molecular weight is 178 g/mol. The fourth-order valence-corrected chi connectivity index (χ4v) is 0.761. The Bertz CT molecular complexity index is 364. The molecule has 2 aromatic heterocycles. The van der Waals surface area contributed by atoms with Crippen LogP contribution in [0.4, 0.5) is 5.95 Å². The SMILES string of the molecule is NNc1nnc(-n2cccn2)nn1. The molecule has 3 N–H and O–H groups in total. The third-order valence-corrected chi connectivity index (χ3v) is 1.31. The van der Waals surface area contributed by atoms with Crippen LogP contribution < -0.4 is 11.3 Å². The summed E-state index contributed by atoms with van der Waals surface area (Å²) < 4.78 is 1.44. The van der Waals surface area contributed by atoms with Gasteiger partial charge >= 0.3 is 0 Å². The van der Waals surface area contributed by atoms with E-state index in [0.717, 1.165) is 0 Å². The molecule has 0 amide bonds. The molecular formula is C5H6N8. The Labute approximate surface area is 72.8 Å². The maximum absolute atomic E-state index is 5.04. The number of rotatable bonds is 2. The highest BCUT2D eigenvalue weighted by Crippen LogP contribution is 1.95. The van der Waals surface area contributed by atoms with E-state index in [4.69, 9.17) is 5.84 Å². The Kier molecular flexibility index (Phi) is 1.81. The lowest BCUT2D eigenvalue weighted by atomic mass is 10.7. The molecule has 0 bridgehead atoms. The summed E-state index contributed by atoms with van der Waals surface area (Å²) in [6, 6.07) is 1.75. The lowest BCUT2D eigenvalue weighted by molar-refractivity contribution is 0.730. The van der Waals surface area contributed by atoms with Crippen LogP contribution in [0.3, 0.4) is 0 Å². The monoisotopic (exact) mass is 178 g/mol. The van der Waals surface area contributed by atoms with E-state index >= 15 is 0 Å². The third-order valence-electron chi connectivity index (χ3n) is 1.31. The van der Waals surface area contributed by atoms with Crippen LogP contribution in [-0.4, -0.2) is 30.2 Å². The minimum absolute atomic E-state index is 0.163. The summed E-state index contributed by atoms with van der Waals surface area (Å²) in [7, 11) is 0. The van der Waals surface area contributed by atoms with Gasteiger partial charge in [-0.3, -0.25) is 5.43 Å². The molecule has 0 atom stereocenters. The molecular weight excluding hydrogens is 172 g/mol. The summed E-state index contributed by atoms with van der Waals surface area (Å²) in [5.74, 6) is 5.50. The van der Waals surface area contributed by atoms with Crippen molar-refractivity contribution in [1.29, 1.82) is 0 Å². The highest BCUT2D eigenvalue weighted by molar-refractivity contribution is 5.17. The van der Waals surface area contributed by atoms with Crippen molar-refractivity contribution in [3.8, 4) is 5.95 Å². The molecule has 0 unspecified atom stereocenters. The van der Waals surface area contributed by atoms with E-state index < -0.39 is 0 Å². The van der Waals surface area contributed by atoms with Gasteiger partial charge in [0, 0.05) is 12.4 Å². The fourth-order valence-electron chi connectivity index (χ4n) is 0.761. The number of hydrazine groups is 1. The lowest BCUT2D eigenvalue weighted by Gasteiger charge is -1.97. The van der Waals surface area contributed by atoms with Crippen molar-refractivity contribution in [3.63, 3.8) is 0 Å². The first-order chi connectivity index (χ1) is 6.40. The minimum Gasteiger partial charge on any atom is -0.290 e. The molecule has 0 aliphatic carbocycles. The molecule has 2 aromatic rings. The highest BCUT2D eigenvalue weighted by Gasteiger charge is 2.00. The summed E-state index contributed by atoms with van der Waals surface area (Å²) >= 11 is 0. The van der Waals surface area contributed by atoms with Crippen LogP contribution in [-0.2, 0) is 0 Å². The van der Waals surface area contributed by atoms with E-state index in [0.29, 0.717) is 5.95 Å². The Morgan fingerprint density at radius 3 is 2.54 bits per heavy atom. The van der Waals surface area contributed by atoms with Gasteiger partial charge in [-0.05, 0) is 6.07 Å². The van der Waals surface area contributed by atoms with Crippen LogP contribution in [0.2, 0.25) is 0 Å². The van der Waals surface area contributed by atoms with Crippen molar-refractivity contribution in [2.75, 3.05) is 5.43 Å². The molecule has 8 heteroatoms. The molecule has 0 aliphatic heterocycles. The highest BCUT2D eigenvalue weighted by atomic mass is 15.5. The molecule has 66 valence electrons. The molecule has 13 heavy (non-hydrogen) atoms. The number of aromatic nitrogens is 6. The van der Waals surface area contributed by atoms with Crippen molar-refractivity contribution in [2.45, 2.75) is 0 Å². The van der Waals surface area contributed by atoms with E-state index in [2.05, 4.69) is 30.9 Å². The Morgan fingerprint density at radius 2 is 2.00 bits per heavy atom. The number of nitrogens with zero attached hydrogens (tertiary/aromatic N) is 6. The first-order valence-electron chi connectivity index (χ1n) is 3.44. The predicted molar refractivity (Wildman–Crippen MR) is 42.6 cm³/mol. The number of nitrogens with one attached hydrogen (secondary N) is 1. The Morgan fingerprint density at radius 1 is 1.23 bits per heavy atom. The maximum Gasteiger partial charge on any atom is 0.289 e. The van der Waals surface area contributed by atoms with Gasteiger partial charge in [0.2, 0.25) is 0 Å². The summed E-state index contributed by atoms with van der Waals surface area (Å²) in [5, 5.41) is 18.6. The molecule has 8 nitrogen and oxygen atoms in total. The van der Waals surface area contributed by atoms with Crippen LogP contribution >= 0.6 is 0 Å². The van der Waals surface area contributed by atoms with E-state index in [1.54, 1.807) is 18.5 Å². The number of anilines is 1. The van der Waals surface area contributed by atoms with Crippen molar-refractivity contribution in [2.24, 2.45) is 5.84 Å². The minimum atomic E-state index is 0.163. The van der Waals surface area contributed by atoms with E-state index in [1.807, 2.05) is 0 Å². The summed E-state index contributed by atoms with van der Waals surface area (Å²) in [6.45, 7) is 0. The summed E-state index contributed by atoms with van der Waals surface area (Å²) in [5.41, 5.74) is 2.22. The maximum atomic E-state index is 5.04. The van der Waals surface area contributed by atoms with Gasteiger partial charge in [0.1, 0.15) is 0 Å². The Balaban J connectivity index is 2.33. The summed E-state index contributed by atoms with van der Waals surface area (Å²) in [6.07, 6.45) is 3.30. The molecule has 0 aromatic carbocycles. The zero-order valence-corrected chi connectivity index (χ0v) is 6.49. The van der Waals surface area contributed by atoms with Crippen molar-refractivity contribution >= 4 is 5.95 Å². The van der Waals surface area contributed by atoms with Crippen LogP contribution in [0.15, 0.2) is 18.5 Å². The topological polar surface area (TPSA) is 107 Å². The second-order valence-electron chi connectivity index (χ2n) is 2.12. The quantitative estimate of drug-likeness (QED) is 0.436. The molecule has 2 heterocycles. The van der Waals surface area contributed by atoms with Crippen molar-refractivity contribution < 1.29 is 0 Å². The average Bonchev–Trinajstić information content (AvgIpc) is 2.71. The summed E-state index contributed by atoms with van der Waals surface area (Å²) in [4.78, 5) is 0. The molecule has 0 radical (unpaired) electrons. The van der Waals surface area contributed by atoms with Gasteiger partial charge in [-0.2, -0.15) is 5.10 Å². The largest absolute Gasteiger partial charge is 0.290 e. The molecule has 0 fully saturated rings. The van der Waals surface area contributed by atoms with Crippen LogP contribution in [0, 0.1) is 0 Å². The van der Waals surface area contributed by atoms with Gasteiger partial charge < -0.3 is 0 Å². The smallest absolute Gasteiger partial charge is 0.289 e.